The van der Waals surface area contributed by atoms with Crippen LogP contribution >= 0.6 is 0 Å². The molecule has 1 N–H and O–H groups in total. The highest BCUT2D eigenvalue weighted by Gasteiger charge is 2.23. The number of carbonyl (C=O) groups excluding carboxylic acids is 1. The van der Waals surface area contributed by atoms with E-state index in [1.54, 1.807) is 24.3 Å². The highest BCUT2D eigenvalue weighted by atomic mass is 32.2. The van der Waals surface area contributed by atoms with Gasteiger partial charge in [0.05, 0.1) is 17.5 Å². The second-order valence-corrected chi connectivity index (χ2v) is 10.7. The molecule has 168 valence electrons. The molecule has 2 aromatic rings. The molecule has 3 rings (SSSR count). The molecule has 31 heavy (non-hydrogen) atoms. The second kappa shape index (κ2) is 9.83. The number of nitrogens with one attached hydrogen (secondary N) is 1. The number of amides is 1. The van der Waals surface area contributed by atoms with Crippen LogP contribution in [0.5, 0.6) is 0 Å². The van der Waals surface area contributed by atoms with Crippen molar-refractivity contribution in [2.45, 2.75) is 44.6 Å². The monoisotopic (exact) mass is 443 g/mol. The topological polar surface area (TPSA) is 69.7 Å². The van der Waals surface area contributed by atoms with Gasteiger partial charge in [-0.1, -0.05) is 36.8 Å². The summed E-state index contributed by atoms with van der Waals surface area (Å²) >= 11 is 0. The van der Waals surface area contributed by atoms with Gasteiger partial charge in [-0.3, -0.25) is 4.79 Å². The number of nitrogens with zero attached hydrogens (tertiary/aromatic N) is 2. The van der Waals surface area contributed by atoms with Crippen LogP contribution in [0.1, 0.15) is 43.9 Å². The summed E-state index contributed by atoms with van der Waals surface area (Å²) in [4.78, 5) is 15.1. The first-order valence-electron chi connectivity index (χ1n) is 10.8. The predicted octanol–water partition coefficient (Wildman–Crippen LogP) is 3.73. The maximum atomic E-state index is 12.7. The molecule has 1 atom stereocenters. The smallest absolute Gasteiger partial charge is 0.243 e. The van der Waals surface area contributed by atoms with E-state index in [1.807, 2.05) is 26.0 Å². The molecule has 1 saturated heterocycles. The number of sulfonamides is 1. The van der Waals surface area contributed by atoms with Gasteiger partial charge in [0.1, 0.15) is 0 Å². The third-order valence-electron chi connectivity index (χ3n) is 6.01. The number of piperidine rings is 1. The van der Waals surface area contributed by atoms with Crippen molar-refractivity contribution < 1.29 is 13.2 Å². The fourth-order valence-electron chi connectivity index (χ4n) is 3.79. The molecule has 7 heteroatoms. The van der Waals surface area contributed by atoms with E-state index in [0.29, 0.717) is 0 Å². The lowest BCUT2D eigenvalue weighted by molar-refractivity contribution is -0.121. The summed E-state index contributed by atoms with van der Waals surface area (Å²) < 4.78 is 26.5. The molecular formula is C24H33N3O3S. The van der Waals surface area contributed by atoms with E-state index >= 15 is 0 Å². The molecule has 2 aromatic carbocycles. The minimum atomic E-state index is -3.71. The van der Waals surface area contributed by atoms with Crippen LogP contribution in [0.3, 0.4) is 0 Å². The summed E-state index contributed by atoms with van der Waals surface area (Å²) in [6.07, 6.45) is 2.43. The molecule has 1 aliphatic rings. The molecule has 1 heterocycles. The number of hydrogen-bond acceptors (Lipinski definition) is 4. The van der Waals surface area contributed by atoms with E-state index < -0.39 is 10.0 Å². The largest absolute Gasteiger partial charge is 0.372 e. The van der Waals surface area contributed by atoms with Crippen LogP contribution in [0.4, 0.5) is 5.69 Å². The van der Waals surface area contributed by atoms with E-state index in [-0.39, 0.29) is 23.4 Å². The van der Waals surface area contributed by atoms with Crippen LogP contribution in [0.2, 0.25) is 0 Å². The number of benzene rings is 2. The first-order valence-corrected chi connectivity index (χ1v) is 12.3. The Balaban J connectivity index is 1.56. The SMILES string of the molecule is Cc1ccc(S(=O)(=O)N(C)CC(=O)N[C@H](C)c2ccc(N3CCC(C)CC3)cc2)cc1. The summed E-state index contributed by atoms with van der Waals surface area (Å²) in [5.74, 6) is 0.457. The van der Waals surface area contributed by atoms with Crippen LogP contribution in [0, 0.1) is 12.8 Å². The second-order valence-electron chi connectivity index (χ2n) is 8.62. The van der Waals surface area contributed by atoms with Crippen LogP contribution in [0.25, 0.3) is 0 Å². The normalized spacial score (nSPS) is 16.4. The quantitative estimate of drug-likeness (QED) is 0.708. The molecule has 0 aromatic heterocycles. The number of carbonyl (C=O) groups is 1. The van der Waals surface area contributed by atoms with Crippen LogP contribution in [0.15, 0.2) is 53.4 Å². The van der Waals surface area contributed by atoms with Crippen molar-refractivity contribution in [2.75, 3.05) is 31.6 Å². The number of likely N-dealkylation sites (N-methyl/N-ethyl adjacent to an activating group) is 1. The Morgan fingerprint density at radius 2 is 1.68 bits per heavy atom. The Morgan fingerprint density at radius 1 is 1.10 bits per heavy atom. The molecule has 0 aliphatic carbocycles. The summed E-state index contributed by atoms with van der Waals surface area (Å²) in [5.41, 5.74) is 3.18. The van der Waals surface area contributed by atoms with Crippen molar-refractivity contribution >= 4 is 21.6 Å². The van der Waals surface area contributed by atoms with Crippen molar-refractivity contribution in [3.8, 4) is 0 Å². The number of hydrogen-bond donors (Lipinski definition) is 1. The molecule has 0 saturated carbocycles. The van der Waals surface area contributed by atoms with E-state index in [2.05, 4.69) is 29.3 Å². The van der Waals surface area contributed by atoms with Gasteiger partial charge in [0.25, 0.3) is 0 Å². The number of anilines is 1. The van der Waals surface area contributed by atoms with Crippen molar-refractivity contribution in [1.29, 1.82) is 0 Å². The third kappa shape index (κ3) is 5.86. The zero-order valence-electron chi connectivity index (χ0n) is 18.8. The number of aryl methyl sites for hydroxylation is 1. The molecule has 0 spiro atoms. The lowest BCUT2D eigenvalue weighted by Gasteiger charge is -2.32. The molecule has 1 fully saturated rings. The average Bonchev–Trinajstić information content (AvgIpc) is 2.74. The first kappa shape index (κ1) is 23.3. The van der Waals surface area contributed by atoms with Crippen LogP contribution in [-0.2, 0) is 14.8 Å². The van der Waals surface area contributed by atoms with Crippen molar-refractivity contribution in [1.82, 2.24) is 9.62 Å². The van der Waals surface area contributed by atoms with Gasteiger partial charge in [-0.25, -0.2) is 8.42 Å². The van der Waals surface area contributed by atoms with Gasteiger partial charge in [-0.2, -0.15) is 4.31 Å². The molecular weight excluding hydrogens is 410 g/mol. The molecule has 6 nitrogen and oxygen atoms in total. The van der Waals surface area contributed by atoms with Crippen molar-refractivity contribution in [3.63, 3.8) is 0 Å². The molecule has 1 aliphatic heterocycles. The zero-order chi connectivity index (χ0) is 22.6. The Morgan fingerprint density at radius 3 is 2.26 bits per heavy atom. The Kier molecular flexibility index (Phi) is 7.38. The highest BCUT2D eigenvalue weighted by molar-refractivity contribution is 7.89. The summed E-state index contributed by atoms with van der Waals surface area (Å²) in [7, 11) is -2.28. The Labute approximate surface area is 186 Å². The van der Waals surface area contributed by atoms with E-state index in [9.17, 15) is 13.2 Å². The van der Waals surface area contributed by atoms with Gasteiger partial charge in [0.2, 0.25) is 15.9 Å². The van der Waals surface area contributed by atoms with E-state index in [4.69, 9.17) is 0 Å². The predicted molar refractivity (Wildman–Crippen MR) is 125 cm³/mol. The summed E-state index contributed by atoms with van der Waals surface area (Å²) in [6, 6.07) is 14.7. The lowest BCUT2D eigenvalue weighted by atomic mass is 9.98. The summed E-state index contributed by atoms with van der Waals surface area (Å²) in [6.45, 7) is 8.03. The fraction of sp³-hybridized carbons (Fsp3) is 0.458. The lowest BCUT2D eigenvalue weighted by Crippen LogP contribution is -2.39. The number of rotatable bonds is 7. The fourth-order valence-corrected chi connectivity index (χ4v) is 4.92. The maximum Gasteiger partial charge on any atom is 0.243 e. The Hall–Kier alpha value is -2.38. The Bertz CT molecular complexity index is 980. The minimum Gasteiger partial charge on any atom is -0.372 e. The average molecular weight is 444 g/mol. The van der Waals surface area contributed by atoms with Crippen LogP contribution < -0.4 is 10.2 Å². The van der Waals surface area contributed by atoms with Gasteiger partial charge in [-0.15, -0.1) is 0 Å². The molecule has 0 bridgehead atoms. The van der Waals surface area contributed by atoms with Crippen molar-refractivity contribution in [2.24, 2.45) is 5.92 Å². The van der Waals surface area contributed by atoms with Crippen molar-refractivity contribution in [3.05, 3.63) is 59.7 Å². The van der Waals surface area contributed by atoms with Crippen LogP contribution in [-0.4, -0.2) is 45.3 Å². The minimum absolute atomic E-state index is 0.184. The van der Waals surface area contributed by atoms with E-state index in [0.717, 1.165) is 34.4 Å². The van der Waals surface area contributed by atoms with Gasteiger partial charge in [0.15, 0.2) is 0 Å². The van der Waals surface area contributed by atoms with Gasteiger partial charge < -0.3 is 10.2 Å². The molecule has 0 unspecified atom stereocenters. The molecule has 1 amide bonds. The molecule has 0 radical (unpaired) electrons. The zero-order valence-corrected chi connectivity index (χ0v) is 19.7. The standard InChI is InChI=1S/C24H33N3O3S/c1-18-5-11-23(12-6-18)31(29,30)26(4)17-24(28)25-20(3)21-7-9-22(10-8-21)27-15-13-19(2)14-16-27/h5-12,19-20H,13-17H2,1-4H3,(H,25,28)/t20-/m1/s1. The maximum absolute atomic E-state index is 12.7. The summed E-state index contributed by atoms with van der Waals surface area (Å²) in [5, 5.41) is 2.91. The van der Waals surface area contributed by atoms with E-state index in [1.165, 1.54) is 25.6 Å². The third-order valence-corrected chi connectivity index (χ3v) is 7.83. The first-order chi connectivity index (χ1) is 14.7. The van der Waals surface area contributed by atoms with Gasteiger partial charge in [-0.05, 0) is 62.4 Å². The van der Waals surface area contributed by atoms with Gasteiger partial charge >= 0.3 is 0 Å². The highest BCUT2D eigenvalue weighted by Crippen LogP contribution is 2.24. The van der Waals surface area contributed by atoms with Gasteiger partial charge in [0, 0.05) is 25.8 Å².